The number of carbonyl (C=O) groups excluding carboxylic acids is 1. The van der Waals surface area contributed by atoms with Gasteiger partial charge in [0.05, 0.1) is 4.90 Å². The van der Waals surface area contributed by atoms with Gasteiger partial charge in [-0.15, -0.1) is 10.2 Å². The predicted octanol–water partition coefficient (Wildman–Crippen LogP) is 1.06. The van der Waals surface area contributed by atoms with E-state index >= 15 is 0 Å². The van der Waals surface area contributed by atoms with E-state index in [1.165, 1.54) is 12.1 Å². The molecule has 1 fully saturated rings. The molecule has 1 saturated carbocycles. The minimum atomic E-state index is -3.67. The lowest BCUT2D eigenvalue weighted by atomic mass is 10.1. The second kappa shape index (κ2) is 7.67. The molecule has 0 atom stereocenters. The highest BCUT2D eigenvalue weighted by atomic mass is 32.2. The van der Waals surface area contributed by atoms with Crippen LogP contribution in [0.4, 0.5) is 16.4 Å². The zero-order valence-electron chi connectivity index (χ0n) is 14.0. The molecular weight excluding hydrogens is 356 g/mol. The van der Waals surface area contributed by atoms with Crippen molar-refractivity contribution in [3.05, 3.63) is 42.0 Å². The number of benzene rings is 1. The highest BCUT2D eigenvalue weighted by molar-refractivity contribution is 7.89. The number of nitrogens with zero attached hydrogens (tertiary/aromatic N) is 2. The zero-order valence-corrected chi connectivity index (χ0v) is 14.8. The number of urea groups is 1. The van der Waals surface area contributed by atoms with Crippen LogP contribution in [0.3, 0.4) is 0 Å². The van der Waals surface area contributed by atoms with Crippen LogP contribution in [0.1, 0.15) is 18.4 Å². The Bertz CT molecular complexity index is 864. The third kappa shape index (κ3) is 5.39. The van der Waals surface area contributed by atoms with Gasteiger partial charge >= 0.3 is 6.03 Å². The van der Waals surface area contributed by atoms with Crippen molar-refractivity contribution in [3.63, 3.8) is 0 Å². The largest absolute Gasteiger partial charge is 0.368 e. The molecule has 3 rings (SSSR count). The van der Waals surface area contributed by atoms with Crippen molar-refractivity contribution in [1.82, 2.24) is 15.5 Å². The van der Waals surface area contributed by atoms with Crippen LogP contribution in [-0.2, 0) is 16.4 Å². The fraction of sp³-hybridized carbons (Fsp3) is 0.312. The number of anilines is 2. The summed E-state index contributed by atoms with van der Waals surface area (Å²) >= 11 is 0. The third-order valence-corrected chi connectivity index (χ3v) is 4.72. The predicted molar refractivity (Wildman–Crippen MR) is 97.2 cm³/mol. The van der Waals surface area contributed by atoms with Gasteiger partial charge in [-0.05, 0) is 49.1 Å². The van der Waals surface area contributed by atoms with Crippen molar-refractivity contribution in [2.75, 3.05) is 17.2 Å². The van der Waals surface area contributed by atoms with Crippen molar-refractivity contribution in [3.8, 4) is 0 Å². The van der Waals surface area contributed by atoms with Crippen LogP contribution in [0, 0.1) is 0 Å². The van der Waals surface area contributed by atoms with Crippen LogP contribution in [0.5, 0.6) is 0 Å². The van der Waals surface area contributed by atoms with Crippen LogP contribution in [0.2, 0.25) is 0 Å². The molecule has 9 nitrogen and oxygen atoms in total. The molecule has 0 spiro atoms. The van der Waals surface area contributed by atoms with Gasteiger partial charge in [-0.25, -0.2) is 18.4 Å². The van der Waals surface area contributed by atoms with Crippen LogP contribution in [-0.4, -0.2) is 37.2 Å². The Kier molecular flexibility index (Phi) is 5.33. The minimum Gasteiger partial charge on any atom is -0.368 e. The number of amides is 2. The van der Waals surface area contributed by atoms with Crippen LogP contribution >= 0.6 is 0 Å². The molecular formula is C16H20N6O3S. The van der Waals surface area contributed by atoms with Gasteiger partial charge in [-0.3, -0.25) is 5.32 Å². The number of hydrogen-bond donors (Lipinski definition) is 4. The first-order valence-electron chi connectivity index (χ1n) is 8.17. The summed E-state index contributed by atoms with van der Waals surface area (Å²) in [6.07, 6.45) is 2.72. The molecule has 1 aromatic carbocycles. The summed E-state index contributed by atoms with van der Waals surface area (Å²) in [6.45, 7) is 0.596. The van der Waals surface area contributed by atoms with Crippen molar-refractivity contribution in [2.24, 2.45) is 5.14 Å². The van der Waals surface area contributed by atoms with Crippen LogP contribution in [0.15, 0.2) is 41.3 Å². The molecule has 0 unspecified atom stereocenters. The average molecular weight is 376 g/mol. The monoisotopic (exact) mass is 376 g/mol. The maximum absolute atomic E-state index is 11.6. The molecule has 2 amide bonds. The van der Waals surface area contributed by atoms with Crippen LogP contribution in [0.25, 0.3) is 0 Å². The maximum Gasteiger partial charge on any atom is 0.320 e. The Hall–Kier alpha value is -2.72. The minimum absolute atomic E-state index is 0.0916. The van der Waals surface area contributed by atoms with Gasteiger partial charge in [0.15, 0.2) is 5.82 Å². The summed E-state index contributed by atoms with van der Waals surface area (Å²) in [5, 5.41) is 21.6. The fourth-order valence-electron chi connectivity index (χ4n) is 2.24. The Morgan fingerprint density at radius 1 is 1.08 bits per heavy atom. The van der Waals surface area contributed by atoms with E-state index in [0.29, 0.717) is 24.6 Å². The number of carbonyl (C=O) groups is 1. The number of nitrogens with one attached hydrogen (secondary N) is 3. The van der Waals surface area contributed by atoms with E-state index in [1.54, 1.807) is 24.3 Å². The lowest BCUT2D eigenvalue weighted by Crippen LogP contribution is -2.30. The topological polar surface area (TPSA) is 139 Å². The third-order valence-electron chi connectivity index (χ3n) is 3.79. The van der Waals surface area contributed by atoms with E-state index in [2.05, 4.69) is 26.1 Å². The molecule has 0 radical (unpaired) electrons. The van der Waals surface area contributed by atoms with Gasteiger partial charge in [0, 0.05) is 12.6 Å². The average Bonchev–Trinajstić information content (AvgIpc) is 3.40. The lowest BCUT2D eigenvalue weighted by Gasteiger charge is -2.08. The van der Waals surface area contributed by atoms with E-state index in [-0.39, 0.29) is 17.0 Å². The van der Waals surface area contributed by atoms with Gasteiger partial charge in [0.2, 0.25) is 10.0 Å². The molecule has 1 aliphatic carbocycles. The number of aromatic nitrogens is 2. The number of sulfonamides is 1. The zero-order chi connectivity index (χ0) is 18.6. The molecule has 0 aliphatic heterocycles. The van der Waals surface area contributed by atoms with Crippen molar-refractivity contribution in [2.45, 2.75) is 30.2 Å². The normalized spacial score (nSPS) is 13.9. The Morgan fingerprint density at radius 3 is 2.31 bits per heavy atom. The quantitative estimate of drug-likeness (QED) is 0.570. The molecule has 26 heavy (non-hydrogen) atoms. The Balaban J connectivity index is 1.45. The Morgan fingerprint density at radius 2 is 1.73 bits per heavy atom. The van der Waals surface area contributed by atoms with Gasteiger partial charge in [-0.2, -0.15) is 0 Å². The van der Waals surface area contributed by atoms with Crippen LogP contribution < -0.4 is 21.1 Å². The van der Waals surface area contributed by atoms with Crippen molar-refractivity contribution >= 4 is 27.7 Å². The summed E-state index contributed by atoms with van der Waals surface area (Å²) in [6, 6.07) is 9.81. The van der Waals surface area contributed by atoms with Gasteiger partial charge in [-0.1, -0.05) is 12.1 Å². The summed E-state index contributed by atoms with van der Waals surface area (Å²) < 4.78 is 22.4. The standard InChI is InChI=1S/C16H20N6O3S/c17-26(24,25)13-5-1-11(2-6-13)9-10-18-14-7-8-15(22-21-14)20-16(23)19-12-3-4-12/h1-2,5-8,12H,3-4,9-10H2,(H,18,21)(H2,17,24,25)(H2,19,20,22,23). The molecule has 1 aromatic heterocycles. The molecule has 10 heteroatoms. The molecule has 2 aromatic rings. The second-order valence-electron chi connectivity index (χ2n) is 6.04. The van der Waals surface area contributed by atoms with Crippen molar-refractivity contribution in [1.29, 1.82) is 0 Å². The van der Waals surface area contributed by atoms with Gasteiger partial charge in [0.25, 0.3) is 0 Å². The van der Waals surface area contributed by atoms with E-state index in [0.717, 1.165) is 18.4 Å². The number of nitrogens with two attached hydrogens (primary N) is 1. The molecule has 138 valence electrons. The highest BCUT2D eigenvalue weighted by Gasteiger charge is 2.23. The lowest BCUT2D eigenvalue weighted by molar-refractivity contribution is 0.251. The second-order valence-corrected chi connectivity index (χ2v) is 7.60. The number of rotatable bonds is 7. The van der Waals surface area contributed by atoms with Crippen molar-refractivity contribution < 1.29 is 13.2 Å². The Labute approximate surface area is 151 Å². The van der Waals surface area contributed by atoms with Gasteiger partial charge < -0.3 is 10.6 Å². The molecule has 1 heterocycles. The first-order chi connectivity index (χ1) is 12.4. The molecule has 5 N–H and O–H groups in total. The van der Waals surface area contributed by atoms with E-state index < -0.39 is 10.0 Å². The summed E-state index contributed by atoms with van der Waals surface area (Å²) in [5.41, 5.74) is 0.966. The first kappa shape index (κ1) is 18.1. The fourth-order valence-corrected chi connectivity index (χ4v) is 2.75. The van der Waals surface area contributed by atoms with E-state index in [1.807, 2.05) is 0 Å². The maximum atomic E-state index is 11.6. The van der Waals surface area contributed by atoms with E-state index in [4.69, 9.17) is 5.14 Å². The molecule has 1 aliphatic rings. The summed E-state index contributed by atoms with van der Waals surface area (Å²) in [5.74, 6) is 0.964. The highest BCUT2D eigenvalue weighted by Crippen LogP contribution is 2.18. The molecule has 0 saturated heterocycles. The summed E-state index contributed by atoms with van der Waals surface area (Å²) in [4.78, 5) is 11.7. The number of primary sulfonamides is 1. The smallest absolute Gasteiger partial charge is 0.320 e. The number of hydrogen-bond acceptors (Lipinski definition) is 6. The first-order valence-corrected chi connectivity index (χ1v) is 9.72. The summed E-state index contributed by atoms with van der Waals surface area (Å²) in [7, 11) is -3.67. The van der Waals surface area contributed by atoms with E-state index in [9.17, 15) is 13.2 Å². The van der Waals surface area contributed by atoms with Gasteiger partial charge in [0.1, 0.15) is 5.82 Å². The SMILES string of the molecule is NS(=O)(=O)c1ccc(CCNc2ccc(NC(=O)NC3CC3)nn2)cc1. The molecule has 0 bridgehead atoms.